The molecule has 88 valence electrons. The fourth-order valence-corrected chi connectivity index (χ4v) is 2.16. The zero-order valence-corrected chi connectivity index (χ0v) is 9.22. The summed E-state index contributed by atoms with van der Waals surface area (Å²) in [5, 5.41) is 6.18. The van der Waals surface area contributed by atoms with Gasteiger partial charge in [0.25, 0.3) is 11.8 Å². The van der Waals surface area contributed by atoms with Crippen LogP contribution in [0.15, 0.2) is 18.3 Å². The Morgan fingerprint density at radius 3 is 2.65 bits per heavy atom. The van der Waals surface area contributed by atoms with Crippen molar-refractivity contribution in [2.75, 3.05) is 26.2 Å². The predicted molar refractivity (Wildman–Crippen MR) is 59.2 cm³/mol. The van der Waals surface area contributed by atoms with Crippen LogP contribution >= 0.6 is 0 Å². The summed E-state index contributed by atoms with van der Waals surface area (Å²) >= 11 is 0. The molecule has 0 atom stereocenters. The first-order valence-corrected chi connectivity index (χ1v) is 5.58. The summed E-state index contributed by atoms with van der Waals surface area (Å²) in [6.07, 6.45) is 1.53. The molecular weight excluding hydrogens is 220 g/mol. The van der Waals surface area contributed by atoms with E-state index in [1.54, 1.807) is 17.1 Å². The zero-order chi connectivity index (χ0) is 11.8. The van der Waals surface area contributed by atoms with Gasteiger partial charge in [0.2, 0.25) is 0 Å². The van der Waals surface area contributed by atoms with Gasteiger partial charge < -0.3 is 5.32 Å². The number of carbonyl (C=O) groups excluding carboxylic acids is 2. The summed E-state index contributed by atoms with van der Waals surface area (Å²) in [5.41, 5.74) is 0.659. The third-order valence-corrected chi connectivity index (χ3v) is 3.00. The third kappa shape index (κ3) is 1.53. The number of piperazine rings is 1. The summed E-state index contributed by atoms with van der Waals surface area (Å²) in [5.74, 6) is -0.576. The fourth-order valence-electron chi connectivity index (χ4n) is 2.16. The van der Waals surface area contributed by atoms with Gasteiger partial charge in [-0.2, -0.15) is 0 Å². The molecule has 0 bridgehead atoms. The number of amides is 2. The average molecular weight is 232 g/mol. The Bertz CT molecular complexity index is 447. The van der Waals surface area contributed by atoms with Crippen LogP contribution in [0.25, 0.3) is 0 Å². The van der Waals surface area contributed by atoms with Gasteiger partial charge in [0, 0.05) is 32.4 Å². The van der Waals surface area contributed by atoms with Gasteiger partial charge in [0.15, 0.2) is 0 Å². The minimum Gasteiger partial charge on any atom is -0.314 e. The molecule has 2 amide bonds. The minimum absolute atomic E-state index is 0.260. The molecule has 3 rings (SSSR count). The van der Waals surface area contributed by atoms with Crippen molar-refractivity contribution in [3.63, 3.8) is 0 Å². The Labute approximate surface area is 98.2 Å². The summed E-state index contributed by atoms with van der Waals surface area (Å²) in [7, 11) is 0. The Morgan fingerprint density at radius 1 is 1.18 bits per heavy atom. The quantitative estimate of drug-likeness (QED) is 0.661. The van der Waals surface area contributed by atoms with Crippen LogP contribution in [0, 0.1) is 0 Å². The van der Waals surface area contributed by atoms with E-state index in [1.165, 1.54) is 11.2 Å². The Kier molecular flexibility index (Phi) is 2.38. The molecule has 17 heavy (non-hydrogen) atoms. The average Bonchev–Trinajstić information content (AvgIpc) is 2.64. The number of pyridine rings is 1. The molecule has 1 saturated heterocycles. The van der Waals surface area contributed by atoms with E-state index < -0.39 is 0 Å². The molecule has 0 radical (unpaired) electrons. The van der Waals surface area contributed by atoms with Gasteiger partial charge in [0.05, 0.1) is 5.56 Å². The highest BCUT2D eigenvalue weighted by atomic mass is 16.2. The Balaban J connectivity index is 1.94. The van der Waals surface area contributed by atoms with Crippen LogP contribution in [0.3, 0.4) is 0 Å². The molecule has 0 spiro atoms. The van der Waals surface area contributed by atoms with E-state index >= 15 is 0 Å². The molecule has 0 unspecified atom stereocenters. The smallest absolute Gasteiger partial charge is 0.294 e. The Hall–Kier alpha value is -1.79. The number of carbonyl (C=O) groups is 2. The third-order valence-electron chi connectivity index (χ3n) is 3.00. The highest BCUT2D eigenvalue weighted by Crippen LogP contribution is 2.22. The van der Waals surface area contributed by atoms with Crippen molar-refractivity contribution >= 4 is 11.8 Å². The fraction of sp³-hybridized carbons (Fsp3) is 0.364. The van der Waals surface area contributed by atoms with Gasteiger partial charge >= 0.3 is 0 Å². The Morgan fingerprint density at radius 2 is 1.94 bits per heavy atom. The molecule has 0 aromatic carbocycles. The van der Waals surface area contributed by atoms with Crippen LogP contribution in [0.2, 0.25) is 0 Å². The van der Waals surface area contributed by atoms with Crippen LogP contribution in [-0.2, 0) is 0 Å². The minimum atomic E-state index is -0.312. The van der Waals surface area contributed by atoms with Crippen LogP contribution < -0.4 is 5.32 Å². The van der Waals surface area contributed by atoms with Gasteiger partial charge in [-0.1, -0.05) is 0 Å². The molecule has 3 heterocycles. The highest BCUT2D eigenvalue weighted by molar-refractivity contribution is 6.19. The SMILES string of the molecule is O=C1c2cccnc2C(=O)N1N1CCNCC1. The van der Waals surface area contributed by atoms with E-state index in [2.05, 4.69) is 10.3 Å². The number of hydrogen-bond donors (Lipinski definition) is 1. The lowest BCUT2D eigenvalue weighted by molar-refractivity contribution is -0.00375. The molecule has 0 aliphatic carbocycles. The van der Waals surface area contributed by atoms with E-state index in [4.69, 9.17) is 0 Å². The standard InChI is InChI=1S/C11H12N4O2/c16-10-8-2-1-3-13-9(8)11(17)15(10)14-6-4-12-5-7-14/h1-3,12H,4-7H2. The van der Waals surface area contributed by atoms with Gasteiger partial charge in [-0.15, -0.1) is 0 Å². The second-order valence-electron chi connectivity index (χ2n) is 4.03. The molecule has 1 aromatic rings. The van der Waals surface area contributed by atoms with E-state index in [9.17, 15) is 9.59 Å². The van der Waals surface area contributed by atoms with Crippen LogP contribution in [-0.4, -0.2) is 53.0 Å². The lowest BCUT2D eigenvalue weighted by Crippen LogP contribution is -2.54. The maximum absolute atomic E-state index is 12.1. The number of nitrogens with zero attached hydrogens (tertiary/aromatic N) is 3. The van der Waals surface area contributed by atoms with Crippen molar-refractivity contribution in [3.8, 4) is 0 Å². The first-order valence-electron chi connectivity index (χ1n) is 5.58. The number of aromatic nitrogens is 1. The summed E-state index contributed by atoms with van der Waals surface area (Å²) in [6, 6.07) is 3.32. The van der Waals surface area contributed by atoms with E-state index in [0.29, 0.717) is 18.7 Å². The van der Waals surface area contributed by atoms with Crippen LogP contribution in [0.1, 0.15) is 20.8 Å². The maximum Gasteiger partial charge on any atom is 0.294 e. The molecule has 1 aromatic heterocycles. The molecule has 6 heteroatoms. The van der Waals surface area contributed by atoms with Gasteiger partial charge in [-0.3, -0.25) is 14.6 Å². The van der Waals surface area contributed by atoms with Crippen molar-refractivity contribution in [3.05, 3.63) is 29.6 Å². The molecule has 2 aliphatic heterocycles. The topological polar surface area (TPSA) is 65.5 Å². The normalized spacial score (nSPS) is 20.8. The van der Waals surface area contributed by atoms with Crippen LogP contribution in [0.5, 0.6) is 0 Å². The summed E-state index contributed by atoms with van der Waals surface area (Å²) in [6.45, 7) is 2.87. The maximum atomic E-state index is 12.1. The van der Waals surface area contributed by atoms with Gasteiger partial charge in [-0.25, -0.2) is 10.0 Å². The highest BCUT2D eigenvalue weighted by Gasteiger charge is 2.40. The summed E-state index contributed by atoms with van der Waals surface area (Å²) < 4.78 is 0. The first-order chi connectivity index (χ1) is 8.29. The summed E-state index contributed by atoms with van der Waals surface area (Å²) in [4.78, 5) is 28.2. The molecule has 1 N–H and O–H groups in total. The van der Waals surface area contributed by atoms with Crippen molar-refractivity contribution in [1.29, 1.82) is 0 Å². The number of hydrazine groups is 1. The van der Waals surface area contributed by atoms with Crippen molar-refractivity contribution in [2.24, 2.45) is 0 Å². The number of fused-ring (bicyclic) bond motifs is 1. The number of imide groups is 1. The predicted octanol–water partition coefficient (Wildman–Crippen LogP) is -0.502. The number of rotatable bonds is 1. The van der Waals surface area contributed by atoms with Crippen LogP contribution in [0.4, 0.5) is 0 Å². The van der Waals surface area contributed by atoms with E-state index in [-0.39, 0.29) is 17.5 Å². The van der Waals surface area contributed by atoms with E-state index in [1.807, 2.05) is 0 Å². The van der Waals surface area contributed by atoms with Gasteiger partial charge in [0.1, 0.15) is 5.69 Å². The van der Waals surface area contributed by atoms with Crippen molar-refractivity contribution in [1.82, 2.24) is 20.3 Å². The molecule has 0 saturated carbocycles. The molecule has 1 fully saturated rings. The largest absolute Gasteiger partial charge is 0.314 e. The monoisotopic (exact) mass is 232 g/mol. The number of hydrogen-bond acceptors (Lipinski definition) is 5. The second kappa shape index (κ2) is 3.90. The zero-order valence-electron chi connectivity index (χ0n) is 9.22. The lowest BCUT2D eigenvalue weighted by Gasteiger charge is -2.33. The lowest BCUT2D eigenvalue weighted by atomic mass is 10.2. The van der Waals surface area contributed by atoms with Crippen molar-refractivity contribution in [2.45, 2.75) is 0 Å². The van der Waals surface area contributed by atoms with E-state index in [0.717, 1.165) is 13.1 Å². The molecule has 6 nitrogen and oxygen atoms in total. The molecular formula is C11H12N4O2. The van der Waals surface area contributed by atoms with Gasteiger partial charge in [-0.05, 0) is 12.1 Å². The first kappa shape index (κ1) is 10.4. The van der Waals surface area contributed by atoms with Crippen molar-refractivity contribution < 1.29 is 9.59 Å². The number of nitrogens with one attached hydrogen (secondary N) is 1. The molecule has 2 aliphatic rings. The second-order valence-corrected chi connectivity index (χ2v) is 4.03.